The van der Waals surface area contributed by atoms with Crippen LogP contribution in [0.15, 0.2) is 46.1 Å². The average molecular weight is 384 g/mol. The fraction of sp³-hybridized carbons (Fsp3) is 0.278. The third kappa shape index (κ3) is 1.83. The first kappa shape index (κ1) is 14.2. The second kappa shape index (κ2) is 4.89. The van der Waals surface area contributed by atoms with Gasteiger partial charge in [0.15, 0.2) is 0 Å². The lowest BCUT2D eigenvalue weighted by Gasteiger charge is -2.13. The van der Waals surface area contributed by atoms with Gasteiger partial charge in [-0.1, -0.05) is 28.1 Å². The number of carbonyl (C=O) groups is 2. The molecule has 2 bridgehead atoms. The van der Waals surface area contributed by atoms with Crippen LogP contribution in [0.25, 0.3) is 10.9 Å². The van der Waals surface area contributed by atoms with E-state index in [-0.39, 0.29) is 35.5 Å². The monoisotopic (exact) mass is 383 g/mol. The Morgan fingerprint density at radius 3 is 2.58 bits per heavy atom. The molecule has 4 atom stereocenters. The molecule has 2 aromatic rings. The van der Waals surface area contributed by atoms with Gasteiger partial charge < -0.3 is 4.98 Å². The van der Waals surface area contributed by atoms with Crippen LogP contribution in [0.3, 0.4) is 0 Å². The van der Waals surface area contributed by atoms with Crippen molar-refractivity contribution in [2.24, 2.45) is 28.8 Å². The summed E-state index contributed by atoms with van der Waals surface area (Å²) in [6.45, 7) is 0. The number of hydrazone groups is 1. The molecule has 0 radical (unpaired) electrons. The molecule has 6 heteroatoms. The van der Waals surface area contributed by atoms with Crippen molar-refractivity contribution in [2.45, 2.75) is 6.42 Å². The second-order valence-electron chi connectivity index (χ2n) is 6.67. The summed E-state index contributed by atoms with van der Waals surface area (Å²) in [4.78, 5) is 28.4. The summed E-state index contributed by atoms with van der Waals surface area (Å²) in [5.74, 6) is -0.303. The summed E-state index contributed by atoms with van der Waals surface area (Å²) in [6.07, 6.45) is 8.53. The minimum Gasteiger partial charge on any atom is -0.361 e. The van der Waals surface area contributed by atoms with E-state index in [9.17, 15) is 9.59 Å². The Balaban J connectivity index is 1.47. The molecular weight excluding hydrogens is 370 g/mol. The molecule has 1 N–H and O–H groups in total. The maximum Gasteiger partial charge on any atom is 0.254 e. The van der Waals surface area contributed by atoms with Crippen LogP contribution in [-0.2, 0) is 9.59 Å². The van der Waals surface area contributed by atoms with E-state index in [1.807, 2.05) is 24.4 Å². The minimum atomic E-state index is -0.207. The van der Waals surface area contributed by atoms with Gasteiger partial charge in [0.2, 0.25) is 0 Å². The van der Waals surface area contributed by atoms with Crippen molar-refractivity contribution in [3.8, 4) is 0 Å². The maximum atomic E-state index is 12.6. The third-order valence-corrected chi connectivity index (χ3v) is 5.93. The van der Waals surface area contributed by atoms with Gasteiger partial charge in [0.1, 0.15) is 0 Å². The normalized spacial score (nSPS) is 31.1. The Bertz CT molecular complexity index is 915. The van der Waals surface area contributed by atoms with E-state index < -0.39 is 0 Å². The lowest BCUT2D eigenvalue weighted by molar-refractivity contribution is -0.140. The number of hydrogen-bond acceptors (Lipinski definition) is 3. The van der Waals surface area contributed by atoms with Gasteiger partial charge in [-0.05, 0) is 36.5 Å². The number of benzene rings is 1. The number of aromatic nitrogens is 1. The number of H-pyrrole nitrogens is 1. The van der Waals surface area contributed by atoms with Gasteiger partial charge in [0, 0.05) is 27.1 Å². The summed E-state index contributed by atoms with van der Waals surface area (Å²) in [5, 5.41) is 6.31. The topological polar surface area (TPSA) is 65.5 Å². The highest BCUT2D eigenvalue weighted by atomic mass is 79.9. The van der Waals surface area contributed by atoms with Crippen LogP contribution < -0.4 is 0 Å². The van der Waals surface area contributed by atoms with Crippen LogP contribution in [0.4, 0.5) is 0 Å². The molecule has 0 spiro atoms. The van der Waals surface area contributed by atoms with E-state index in [1.54, 1.807) is 6.21 Å². The molecule has 1 aliphatic heterocycles. The van der Waals surface area contributed by atoms with Gasteiger partial charge in [-0.3, -0.25) is 9.59 Å². The summed E-state index contributed by atoms with van der Waals surface area (Å²) >= 11 is 3.46. The number of rotatable bonds is 2. The first-order valence-electron chi connectivity index (χ1n) is 8.00. The van der Waals surface area contributed by atoms with Crippen LogP contribution in [0.2, 0.25) is 0 Å². The molecule has 1 aromatic carbocycles. The van der Waals surface area contributed by atoms with Crippen LogP contribution in [0.5, 0.6) is 0 Å². The van der Waals surface area contributed by atoms with Gasteiger partial charge in [0.05, 0.1) is 18.1 Å². The molecule has 24 heavy (non-hydrogen) atoms. The van der Waals surface area contributed by atoms with Crippen LogP contribution >= 0.6 is 15.9 Å². The summed E-state index contributed by atoms with van der Waals surface area (Å²) in [7, 11) is 0. The molecule has 2 amide bonds. The van der Waals surface area contributed by atoms with E-state index in [0.29, 0.717) is 0 Å². The first-order valence-corrected chi connectivity index (χ1v) is 8.79. The zero-order chi connectivity index (χ0) is 16.4. The number of allylic oxidation sites excluding steroid dienone is 2. The van der Waals surface area contributed by atoms with E-state index in [2.05, 4.69) is 38.2 Å². The molecular formula is C18H14BrN3O2. The average Bonchev–Trinajstić information content (AvgIpc) is 3.31. The van der Waals surface area contributed by atoms with Gasteiger partial charge >= 0.3 is 0 Å². The zero-order valence-corrected chi connectivity index (χ0v) is 14.2. The molecule has 5 nitrogen and oxygen atoms in total. The predicted octanol–water partition coefficient (Wildman–Crippen LogP) is 3.07. The molecule has 1 aromatic heterocycles. The van der Waals surface area contributed by atoms with Crippen molar-refractivity contribution in [2.75, 3.05) is 0 Å². The number of nitrogens with zero attached hydrogens (tertiary/aromatic N) is 2. The summed E-state index contributed by atoms with van der Waals surface area (Å²) in [5.41, 5.74) is 1.84. The largest absolute Gasteiger partial charge is 0.361 e. The number of amides is 2. The van der Waals surface area contributed by atoms with Crippen LogP contribution in [0, 0.1) is 23.7 Å². The highest BCUT2D eigenvalue weighted by molar-refractivity contribution is 9.10. The minimum absolute atomic E-state index is 0.154. The van der Waals surface area contributed by atoms with Gasteiger partial charge in [-0.2, -0.15) is 10.1 Å². The molecule has 1 saturated carbocycles. The van der Waals surface area contributed by atoms with E-state index >= 15 is 0 Å². The lowest BCUT2D eigenvalue weighted by Crippen LogP contribution is -2.28. The van der Waals surface area contributed by atoms with Crippen molar-refractivity contribution in [3.63, 3.8) is 0 Å². The molecule has 1 saturated heterocycles. The SMILES string of the molecule is O=C1C2C3C=CC(C3)C2C(=O)N1N=Cc1c[nH]c2ccc(Br)cc12. The predicted molar refractivity (Wildman–Crippen MR) is 93.2 cm³/mol. The molecule has 5 rings (SSSR count). The Kier molecular flexibility index (Phi) is 2.89. The van der Waals surface area contributed by atoms with Crippen molar-refractivity contribution in [3.05, 3.63) is 46.6 Å². The van der Waals surface area contributed by atoms with Gasteiger partial charge in [-0.15, -0.1) is 0 Å². The summed E-state index contributed by atoms with van der Waals surface area (Å²) in [6, 6.07) is 5.91. The quantitative estimate of drug-likeness (QED) is 0.491. The van der Waals surface area contributed by atoms with E-state index in [0.717, 1.165) is 32.4 Å². The first-order chi connectivity index (χ1) is 11.6. The number of nitrogens with one attached hydrogen (secondary N) is 1. The molecule has 3 aliphatic rings. The van der Waals surface area contributed by atoms with Crippen molar-refractivity contribution < 1.29 is 9.59 Å². The zero-order valence-electron chi connectivity index (χ0n) is 12.6. The number of halogens is 1. The molecule has 120 valence electrons. The van der Waals surface area contributed by atoms with Crippen LogP contribution in [0.1, 0.15) is 12.0 Å². The lowest BCUT2D eigenvalue weighted by atomic mass is 9.85. The van der Waals surface area contributed by atoms with E-state index in [4.69, 9.17) is 0 Å². The Hall–Kier alpha value is -2.21. The molecule has 2 fully saturated rings. The second-order valence-corrected chi connectivity index (χ2v) is 7.58. The number of aromatic amines is 1. The Morgan fingerprint density at radius 1 is 1.17 bits per heavy atom. The van der Waals surface area contributed by atoms with Crippen molar-refractivity contribution >= 4 is 44.9 Å². The Morgan fingerprint density at radius 2 is 1.88 bits per heavy atom. The molecule has 2 aliphatic carbocycles. The fourth-order valence-electron chi connectivity index (χ4n) is 4.34. The number of hydrogen-bond donors (Lipinski definition) is 1. The smallest absolute Gasteiger partial charge is 0.254 e. The number of imide groups is 1. The molecule has 2 heterocycles. The van der Waals surface area contributed by atoms with Crippen LogP contribution in [-0.4, -0.2) is 28.0 Å². The standard InChI is InChI=1S/C18H14BrN3O2/c19-12-3-4-14-13(6-12)11(7-20-14)8-21-22-17(23)15-9-1-2-10(5-9)16(15)18(22)24/h1-4,6-10,15-16,20H,5H2. The highest BCUT2D eigenvalue weighted by Gasteiger charge is 2.59. The Labute approximate surface area is 146 Å². The number of fused-ring (bicyclic) bond motifs is 6. The van der Waals surface area contributed by atoms with Gasteiger partial charge in [0.25, 0.3) is 11.8 Å². The summed E-state index contributed by atoms with van der Waals surface area (Å²) < 4.78 is 0.967. The number of carbonyl (C=O) groups excluding carboxylic acids is 2. The third-order valence-electron chi connectivity index (χ3n) is 5.44. The highest BCUT2D eigenvalue weighted by Crippen LogP contribution is 2.52. The van der Waals surface area contributed by atoms with Crippen molar-refractivity contribution in [1.82, 2.24) is 9.99 Å². The van der Waals surface area contributed by atoms with Gasteiger partial charge in [-0.25, -0.2) is 0 Å². The fourth-order valence-corrected chi connectivity index (χ4v) is 4.70. The van der Waals surface area contributed by atoms with E-state index in [1.165, 1.54) is 0 Å². The molecule has 4 unspecified atom stereocenters. The van der Waals surface area contributed by atoms with Crippen molar-refractivity contribution in [1.29, 1.82) is 0 Å². The maximum absolute atomic E-state index is 12.6.